The van der Waals surface area contributed by atoms with Gasteiger partial charge in [-0.2, -0.15) is 5.26 Å². The third-order valence-corrected chi connectivity index (χ3v) is 2.52. The van der Waals surface area contributed by atoms with Crippen molar-refractivity contribution in [2.75, 3.05) is 0 Å². The summed E-state index contributed by atoms with van der Waals surface area (Å²) in [4.78, 5) is 11.6. The molecule has 1 aromatic rings. The molecule has 0 saturated carbocycles. The van der Waals surface area contributed by atoms with Crippen LogP contribution in [0.1, 0.15) is 43.0 Å². The molecule has 0 unspecified atom stereocenters. The molecule has 0 saturated heterocycles. The van der Waals surface area contributed by atoms with E-state index in [1.165, 1.54) is 6.08 Å². The van der Waals surface area contributed by atoms with Gasteiger partial charge in [-0.3, -0.25) is 0 Å². The molecule has 0 aromatic heterocycles. The Balaban J connectivity index is 2.95. The number of nitrogens with zero attached hydrogens (tertiary/aromatic N) is 1. The van der Waals surface area contributed by atoms with Crippen LogP contribution in [0.25, 0.3) is 6.08 Å². The second kappa shape index (κ2) is 5.71. The highest BCUT2D eigenvalue weighted by Crippen LogP contribution is 2.18. The first-order valence-corrected chi connectivity index (χ1v) is 6.15. The Bertz CT molecular complexity index is 534. The maximum Gasteiger partial charge on any atom is 0.331 e. The minimum atomic E-state index is -0.490. The summed E-state index contributed by atoms with van der Waals surface area (Å²) in [6, 6.07) is 5.73. The van der Waals surface area contributed by atoms with Gasteiger partial charge in [-0.25, -0.2) is 4.79 Å². The summed E-state index contributed by atoms with van der Waals surface area (Å²) >= 11 is 0. The molecule has 1 rings (SSSR count). The highest BCUT2D eigenvalue weighted by Gasteiger charge is 2.14. The number of carbonyl (C=O) groups excluding carboxylic acids is 1. The number of esters is 1. The fourth-order valence-electron chi connectivity index (χ4n) is 1.79. The van der Waals surface area contributed by atoms with Crippen molar-refractivity contribution in [2.24, 2.45) is 0 Å². The summed E-state index contributed by atoms with van der Waals surface area (Å²) in [7, 11) is 0. The molecule has 19 heavy (non-hydrogen) atoms. The highest BCUT2D eigenvalue weighted by molar-refractivity contribution is 5.88. The standard InChI is InChI=1S/C16H19NO2/c1-11-8-13(10-17)9-12(2)14(11)6-7-15(18)19-16(3,4)5/h6-9H,1-5H3/b7-6+. The zero-order valence-corrected chi connectivity index (χ0v) is 12.1. The monoisotopic (exact) mass is 257 g/mol. The molecule has 0 radical (unpaired) electrons. The van der Waals surface area contributed by atoms with Crippen molar-refractivity contribution in [1.82, 2.24) is 0 Å². The van der Waals surface area contributed by atoms with Gasteiger partial charge in [-0.05, 0) is 69.5 Å². The van der Waals surface area contributed by atoms with Crippen LogP contribution in [0.4, 0.5) is 0 Å². The molecule has 0 bridgehead atoms. The van der Waals surface area contributed by atoms with E-state index in [4.69, 9.17) is 10.00 Å². The lowest BCUT2D eigenvalue weighted by molar-refractivity contribution is -0.148. The Labute approximate surface area is 114 Å². The van der Waals surface area contributed by atoms with E-state index in [0.717, 1.165) is 16.7 Å². The van der Waals surface area contributed by atoms with Crippen LogP contribution >= 0.6 is 0 Å². The van der Waals surface area contributed by atoms with Crippen LogP contribution in [-0.4, -0.2) is 11.6 Å². The molecule has 0 spiro atoms. The summed E-state index contributed by atoms with van der Waals surface area (Å²) in [5.41, 5.74) is 3.03. The van der Waals surface area contributed by atoms with Gasteiger partial charge in [0.1, 0.15) is 5.60 Å². The summed E-state index contributed by atoms with van der Waals surface area (Å²) in [6.45, 7) is 9.33. The van der Waals surface area contributed by atoms with Crippen LogP contribution in [0.15, 0.2) is 18.2 Å². The first-order chi connectivity index (χ1) is 8.73. The molecular formula is C16H19NO2. The largest absolute Gasteiger partial charge is 0.457 e. The van der Waals surface area contributed by atoms with Crippen molar-refractivity contribution in [3.05, 3.63) is 40.5 Å². The summed E-state index contributed by atoms with van der Waals surface area (Å²) < 4.78 is 5.21. The zero-order valence-electron chi connectivity index (χ0n) is 12.1. The van der Waals surface area contributed by atoms with Crippen molar-refractivity contribution in [3.63, 3.8) is 0 Å². The van der Waals surface area contributed by atoms with Crippen LogP contribution in [-0.2, 0) is 9.53 Å². The number of hydrogen-bond acceptors (Lipinski definition) is 3. The first-order valence-electron chi connectivity index (χ1n) is 6.15. The molecular weight excluding hydrogens is 238 g/mol. The fourth-order valence-corrected chi connectivity index (χ4v) is 1.79. The van der Waals surface area contributed by atoms with Crippen LogP contribution < -0.4 is 0 Å². The number of benzene rings is 1. The van der Waals surface area contributed by atoms with E-state index in [0.29, 0.717) is 5.56 Å². The third-order valence-electron chi connectivity index (χ3n) is 2.52. The van der Waals surface area contributed by atoms with Crippen molar-refractivity contribution in [3.8, 4) is 6.07 Å². The van der Waals surface area contributed by atoms with Gasteiger partial charge in [0.05, 0.1) is 11.6 Å². The molecule has 0 aliphatic rings. The van der Waals surface area contributed by atoms with E-state index in [1.54, 1.807) is 6.08 Å². The van der Waals surface area contributed by atoms with Gasteiger partial charge in [0, 0.05) is 6.08 Å². The van der Waals surface area contributed by atoms with Crippen LogP contribution in [0.3, 0.4) is 0 Å². The lowest BCUT2D eigenvalue weighted by atomic mass is 9.99. The summed E-state index contributed by atoms with van der Waals surface area (Å²) in [5.74, 6) is -0.365. The Morgan fingerprint density at radius 1 is 1.26 bits per heavy atom. The van der Waals surface area contributed by atoms with Gasteiger partial charge >= 0.3 is 5.97 Å². The van der Waals surface area contributed by atoms with Gasteiger partial charge in [0.2, 0.25) is 0 Å². The minimum Gasteiger partial charge on any atom is -0.457 e. The number of hydrogen-bond donors (Lipinski definition) is 0. The molecule has 0 aliphatic heterocycles. The lowest BCUT2D eigenvalue weighted by Gasteiger charge is -2.18. The summed E-state index contributed by atoms with van der Waals surface area (Å²) in [6.07, 6.45) is 3.16. The van der Waals surface area contributed by atoms with E-state index >= 15 is 0 Å². The molecule has 0 N–H and O–H groups in total. The van der Waals surface area contributed by atoms with Gasteiger partial charge in [-0.15, -0.1) is 0 Å². The Kier molecular flexibility index (Phi) is 4.50. The quantitative estimate of drug-likeness (QED) is 0.601. The molecule has 0 amide bonds. The summed E-state index contributed by atoms with van der Waals surface area (Å²) in [5, 5.41) is 8.88. The molecule has 3 heteroatoms. The molecule has 1 aromatic carbocycles. The van der Waals surface area contributed by atoms with Crippen molar-refractivity contribution in [1.29, 1.82) is 5.26 Å². The smallest absolute Gasteiger partial charge is 0.331 e. The maximum atomic E-state index is 11.6. The van der Waals surface area contributed by atoms with Crippen LogP contribution in [0, 0.1) is 25.2 Å². The van der Waals surface area contributed by atoms with E-state index in [-0.39, 0.29) is 5.97 Å². The second-order valence-corrected chi connectivity index (χ2v) is 5.50. The van der Waals surface area contributed by atoms with Gasteiger partial charge in [-0.1, -0.05) is 0 Å². The SMILES string of the molecule is Cc1cc(C#N)cc(C)c1/C=C/C(=O)OC(C)(C)C. The zero-order chi connectivity index (χ0) is 14.6. The Hall–Kier alpha value is -2.08. The van der Waals surface area contributed by atoms with E-state index in [9.17, 15) is 4.79 Å². The molecule has 0 atom stereocenters. The van der Waals surface area contributed by atoms with E-state index in [2.05, 4.69) is 6.07 Å². The van der Waals surface area contributed by atoms with E-state index in [1.807, 2.05) is 46.8 Å². The minimum absolute atomic E-state index is 0.365. The number of ether oxygens (including phenoxy) is 1. The molecule has 0 aliphatic carbocycles. The number of rotatable bonds is 2. The number of aryl methyl sites for hydroxylation is 2. The van der Waals surface area contributed by atoms with Crippen LogP contribution in [0.2, 0.25) is 0 Å². The first kappa shape index (κ1) is 15.0. The highest BCUT2D eigenvalue weighted by atomic mass is 16.6. The van der Waals surface area contributed by atoms with Crippen LogP contribution in [0.5, 0.6) is 0 Å². The maximum absolute atomic E-state index is 11.6. The van der Waals surface area contributed by atoms with Gasteiger partial charge in [0.15, 0.2) is 0 Å². The molecule has 3 nitrogen and oxygen atoms in total. The average Bonchev–Trinajstić information content (AvgIpc) is 2.25. The average molecular weight is 257 g/mol. The lowest BCUT2D eigenvalue weighted by Crippen LogP contribution is -2.22. The van der Waals surface area contributed by atoms with Crippen molar-refractivity contribution < 1.29 is 9.53 Å². The Morgan fingerprint density at radius 3 is 2.21 bits per heavy atom. The molecule has 0 fully saturated rings. The third kappa shape index (κ3) is 4.59. The fraction of sp³-hybridized carbons (Fsp3) is 0.375. The predicted octanol–water partition coefficient (Wildman–Crippen LogP) is 3.53. The molecule has 0 heterocycles. The number of carbonyl (C=O) groups is 1. The normalized spacial score (nSPS) is 11.4. The van der Waals surface area contributed by atoms with Gasteiger partial charge in [0.25, 0.3) is 0 Å². The number of nitriles is 1. The molecule has 100 valence electrons. The van der Waals surface area contributed by atoms with Gasteiger partial charge < -0.3 is 4.74 Å². The predicted molar refractivity (Wildman–Crippen MR) is 75.5 cm³/mol. The topological polar surface area (TPSA) is 50.1 Å². The Morgan fingerprint density at radius 2 is 1.79 bits per heavy atom. The van der Waals surface area contributed by atoms with Crippen molar-refractivity contribution in [2.45, 2.75) is 40.2 Å². The van der Waals surface area contributed by atoms with Crippen molar-refractivity contribution >= 4 is 12.0 Å². The van der Waals surface area contributed by atoms with E-state index < -0.39 is 5.60 Å². The second-order valence-electron chi connectivity index (χ2n) is 5.50.